The second kappa shape index (κ2) is 9.84. The fraction of sp³-hybridized carbons (Fsp3) is 0.136. The molecule has 0 unspecified atom stereocenters. The van der Waals surface area contributed by atoms with Gasteiger partial charge in [0.15, 0.2) is 23.2 Å². The Labute approximate surface area is 183 Å². The first-order valence-electron chi connectivity index (χ1n) is 9.80. The van der Waals surface area contributed by atoms with Crippen LogP contribution in [-0.4, -0.2) is 38.7 Å². The standard InChI is InChI=1S/C22H20F2N8/c23-18-8-7-15(11-19(18)24)28-30-21-20(29-31-22(21)25)14-32(12-16-5-1-3-9-26-16)13-17-6-2-4-10-27-17/h1-11,28H,12-14H2,(H2,25,30,31). The molecule has 2 aromatic heterocycles. The molecule has 32 heavy (non-hydrogen) atoms. The van der Waals surface area contributed by atoms with E-state index in [9.17, 15) is 8.78 Å². The maximum Gasteiger partial charge on any atom is 0.175 e. The third kappa shape index (κ3) is 5.35. The molecule has 162 valence electrons. The minimum Gasteiger partial charge on any atom is -0.380 e. The number of hydrogen-bond donors (Lipinski definition) is 2. The molecule has 0 radical (unpaired) electrons. The fourth-order valence-electron chi connectivity index (χ4n) is 3.09. The molecular weight excluding hydrogens is 414 g/mol. The van der Waals surface area contributed by atoms with Crippen LogP contribution in [0.1, 0.15) is 11.4 Å². The van der Waals surface area contributed by atoms with Crippen molar-refractivity contribution in [2.45, 2.75) is 13.1 Å². The molecule has 0 bridgehead atoms. The van der Waals surface area contributed by atoms with Gasteiger partial charge in [0.25, 0.3) is 0 Å². The van der Waals surface area contributed by atoms with Gasteiger partial charge in [0.1, 0.15) is 5.71 Å². The quantitative estimate of drug-likeness (QED) is 0.531. The number of hydrazone groups is 1. The summed E-state index contributed by atoms with van der Waals surface area (Å²) in [5.41, 5.74) is 11.5. The number of benzene rings is 1. The molecule has 0 spiro atoms. The van der Waals surface area contributed by atoms with Crippen molar-refractivity contribution in [1.29, 1.82) is 0 Å². The lowest BCUT2D eigenvalue weighted by Crippen LogP contribution is -2.37. The van der Waals surface area contributed by atoms with Crippen LogP contribution in [0.5, 0.6) is 0 Å². The number of hydrogen-bond acceptors (Lipinski definition) is 8. The molecule has 3 N–H and O–H groups in total. The zero-order chi connectivity index (χ0) is 22.3. The van der Waals surface area contributed by atoms with Crippen molar-refractivity contribution < 1.29 is 8.78 Å². The number of halogens is 2. The third-order valence-corrected chi connectivity index (χ3v) is 4.61. The maximum absolute atomic E-state index is 13.5. The Morgan fingerprint density at radius 2 is 1.53 bits per heavy atom. The van der Waals surface area contributed by atoms with E-state index in [0.29, 0.717) is 31.1 Å². The van der Waals surface area contributed by atoms with Gasteiger partial charge in [0.05, 0.1) is 17.1 Å². The summed E-state index contributed by atoms with van der Waals surface area (Å²) in [5, 5.41) is 12.3. The van der Waals surface area contributed by atoms with Crippen molar-refractivity contribution in [3.8, 4) is 0 Å². The van der Waals surface area contributed by atoms with Crippen molar-refractivity contribution in [3.05, 3.63) is 90.0 Å². The highest BCUT2D eigenvalue weighted by Gasteiger charge is 2.23. The zero-order valence-corrected chi connectivity index (χ0v) is 17.0. The van der Waals surface area contributed by atoms with Crippen molar-refractivity contribution in [2.24, 2.45) is 21.0 Å². The van der Waals surface area contributed by atoms with E-state index >= 15 is 0 Å². The van der Waals surface area contributed by atoms with Crippen LogP contribution in [0.2, 0.25) is 0 Å². The van der Waals surface area contributed by atoms with Gasteiger partial charge in [-0.2, -0.15) is 5.10 Å². The van der Waals surface area contributed by atoms with Crippen LogP contribution in [0.4, 0.5) is 14.5 Å². The predicted molar refractivity (Wildman–Crippen MR) is 119 cm³/mol. The van der Waals surface area contributed by atoms with E-state index in [4.69, 9.17) is 5.73 Å². The van der Waals surface area contributed by atoms with Crippen molar-refractivity contribution in [2.75, 3.05) is 12.0 Å². The van der Waals surface area contributed by atoms with Crippen LogP contribution in [0, 0.1) is 11.6 Å². The Morgan fingerprint density at radius 3 is 2.12 bits per heavy atom. The van der Waals surface area contributed by atoms with E-state index in [1.165, 1.54) is 6.07 Å². The van der Waals surface area contributed by atoms with E-state index in [0.717, 1.165) is 23.5 Å². The number of amidine groups is 1. The summed E-state index contributed by atoms with van der Waals surface area (Å²) < 4.78 is 26.6. The summed E-state index contributed by atoms with van der Waals surface area (Å²) in [4.78, 5) is 10.9. The average Bonchev–Trinajstić information content (AvgIpc) is 3.15. The SMILES string of the molecule is NC1=NN=C(CN(Cc2ccccn2)Cc2ccccn2)C1=NNc1ccc(F)c(F)c1. The van der Waals surface area contributed by atoms with Crippen molar-refractivity contribution >= 4 is 22.9 Å². The molecule has 0 saturated carbocycles. The van der Waals surface area contributed by atoms with Crippen molar-refractivity contribution in [3.63, 3.8) is 0 Å². The van der Waals surface area contributed by atoms with E-state index in [2.05, 4.69) is 35.6 Å². The van der Waals surface area contributed by atoms with E-state index in [1.54, 1.807) is 12.4 Å². The number of rotatable bonds is 8. The second-order valence-corrected chi connectivity index (χ2v) is 7.02. The summed E-state index contributed by atoms with van der Waals surface area (Å²) >= 11 is 0. The average molecular weight is 434 g/mol. The molecule has 0 fully saturated rings. The summed E-state index contributed by atoms with van der Waals surface area (Å²) in [5.74, 6) is -1.79. The molecule has 3 heterocycles. The number of aromatic nitrogens is 2. The minimum atomic E-state index is -0.978. The molecule has 4 rings (SSSR count). The Kier molecular flexibility index (Phi) is 6.52. The topological polar surface area (TPSA) is 104 Å². The monoisotopic (exact) mass is 434 g/mol. The molecule has 0 amide bonds. The first-order chi connectivity index (χ1) is 15.6. The van der Waals surface area contributed by atoms with Crippen LogP contribution in [-0.2, 0) is 13.1 Å². The minimum absolute atomic E-state index is 0.130. The van der Waals surface area contributed by atoms with Crippen LogP contribution >= 0.6 is 0 Å². The molecule has 3 aromatic rings. The first kappa shape index (κ1) is 21.2. The van der Waals surface area contributed by atoms with Gasteiger partial charge in [-0.05, 0) is 36.4 Å². The number of nitrogens with zero attached hydrogens (tertiary/aromatic N) is 6. The molecule has 0 saturated heterocycles. The summed E-state index contributed by atoms with van der Waals surface area (Å²) in [6.45, 7) is 1.45. The molecule has 0 aliphatic carbocycles. The maximum atomic E-state index is 13.5. The van der Waals surface area contributed by atoms with Crippen LogP contribution < -0.4 is 11.2 Å². The third-order valence-electron chi connectivity index (χ3n) is 4.61. The highest BCUT2D eigenvalue weighted by Crippen LogP contribution is 2.14. The lowest BCUT2D eigenvalue weighted by molar-refractivity contribution is 0.288. The largest absolute Gasteiger partial charge is 0.380 e. The number of nitrogens with two attached hydrogens (primary N) is 1. The Bertz CT molecular complexity index is 1120. The van der Waals surface area contributed by atoms with Gasteiger partial charge in [-0.15, -0.1) is 10.2 Å². The molecule has 1 aliphatic rings. The first-order valence-corrected chi connectivity index (χ1v) is 9.80. The van der Waals surface area contributed by atoms with Gasteiger partial charge < -0.3 is 5.73 Å². The Hall–Kier alpha value is -4.05. The van der Waals surface area contributed by atoms with Gasteiger partial charge in [0, 0.05) is 38.1 Å². The molecule has 10 heteroatoms. The van der Waals surface area contributed by atoms with Gasteiger partial charge in [-0.3, -0.25) is 20.3 Å². The highest BCUT2D eigenvalue weighted by molar-refractivity contribution is 6.69. The Morgan fingerprint density at radius 1 is 0.844 bits per heavy atom. The van der Waals surface area contributed by atoms with Crippen LogP contribution in [0.25, 0.3) is 0 Å². The lowest BCUT2D eigenvalue weighted by Gasteiger charge is -2.21. The number of nitrogens with one attached hydrogen (secondary N) is 1. The molecule has 1 aromatic carbocycles. The number of anilines is 1. The predicted octanol–water partition coefficient (Wildman–Crippen LogP) is 2.95. The normalized spacial score (nSPS) is 14.5. The highest BCUT2D eigenvalue weighted by atomic mass is 19.2. The fourth-order valence-corrected chi connectivity index (χ4v) is 3.09. The second-order valence-electron chi connectivity index (χ2n) is 7.02. The molecule has 8 nitrogen and oxygen atoms in total. The molecule has 0 atom stereocenters. The summed E-state index contributed by atoms with van der Waals surface area (Å²) in [7, 11) is 0. The molecular formula is C22H20F2N8. The van der Waals surface area contributed by atoms with Gasteiger partial charge in [-0.25, -0.2) is 8.78 Å². The number of pyridine rings is 2. The summed E-state index contributed by atoms with van der Waals surface area (Å²) in [6, 6.07) is 14.8. The zero-order valence-electron chi connectivity index (χ0n) is 17.0. The molecule has 1 aliphatic heterocycles. The smallest absolute Gasteiger partial charge is 0.175 e. The van der Waals surface area contributed by atoms with Gasteiger partial charge in [-0.1, -0.05) is 12.1 Å². The van der Waals surface area contributed by atoms with E-state index in [1.807, 2.05) is 36.4 Å². The summed E-state index contributed by atoms with van der Waals surface area (Å²) in [6.07, 6.45) is 3.47. The van der Waals surface area contributed by atoms with Crippen molar-refractivity contribution in [1.82, 2.24) is 14.9 Å². The van der Waals surface area contributed by atoms with Gasteiger partial charge >= 0.3 is 0 Å². The van der Waals surface area contributed by atoms with Crippen LogP contribution in [0.3, 0.4) is 0 Å². The van der Waals surface area contributed by atoms with E-state index < -0.39 is 11.6 Å². The van der Waals surface area contributed by atoms with E-state index in [-0.39, 0.29) is 11.5 Å². The van der Waals surface area contributed by atoms with Crippen LogP contribution in [0.15, 0.2) is 82.3 Å². The lowest BCUT2D eigenvalue weighted by atomic mass is 10.2. The van der Waals surface area contributed by atoms with Gasteiger partial charge in [0.2, 0.25) is 0 Å². The Balaban J connectivity index is 1.52.